The lowest BCUT2D eigenvalue weighted by Gasteiger charge is -2.31. The number of aryl methyl sites for hydroxylation is 1. The first-order valence-electron chi connectivity index (χ1n) is 9.56. The number of aromatic nitrogens is 3. The Morgan fingerprint density at radius 3 is 3.12 bits per heavy atom. The number of rotatable bonds is 1. The zero-order valence-corrected chi connectivity index (χ0v) is 14.8. The number of amides is 1. The van der Waals surface area contributed by atoms with Crippen LogP contribution in [0.3, 0.4) is 0 Å². The third kappa shape index (κ3) is 2.64. The Balaban J connectivity index is 1.41. The van der Waals surface area contributed by atoms with Crippen molar-refractivity contribution in [1.29, 1.82) is 0 Å². The number of hydrogen-bond donors (Lipinski definition) is 0. The smallest absolute Gasteiger partial charge is 0.226 e. The van der Waals surface area contributed by atoms with Crippen molar-refractivity contribution in [1.82, 2.24) is 19.9 Å². The molecule has 26 heavy (non-hydrogen) atoms. The van der Waals surface area contributed by atoms with E-state index in [1.54, 1.807) is 6.33 Å². The molecule has 0 saturated carbocycles. The summed E-state index contributed by atoms with van der Waals surface area (Å²) in [4.78, 5) is 31.0. The van der Waals surface area contributed by atoms with Crippen LogP contribution < -0.4 is 4.90 Å². The van der Waals surface area contributed by atoms with E-state index in [9.17, 15) is 4.79 Å². The van der Waals surface area contributed by atoms with Crippen molar-refractivity contribution in [2.75, 3.05) is 18.0 Å². The maximum atomic E-state index is 13.4. The van der Waals surface area contributed by atoms with Gasteiger partial charge in [-0.05, 0) is 49.8 Å². The fourth-order valence-corrected chi connectivity index (χ4v) is 4.75. The number of pyridine rings is 1. The Bertz CT molecular complexity index is 838. The van der Waals surface area contributed by atoms with Crippen LogP contribution in [0, 0.1) is 5.92 Å². The van der Waals surface area contributed by atoms with E-state index in [4.69, 9.17) is 0 Å². The van der Waals surface area contributed by atoms with Gasteiger partial charge in [-0.3, -0.25) is 9.78 Å². The van der Waals surface area contributed by atoms with Gasteiger partial charge in [-0.15, -0.1) is 0 Å². The third-order valence-electron chi connectivity index (χ3n) is 6.06. The van der Waals surface area contributed by atoms with Crippen molar-refractivity contribution in [3.8, 4) is 0 Å². The molecule has 6 nitrogen and oxygen atoms in total. The van der Waals surface area contributed by atoms with Crippen molar-refractivity contribution < 1.29 is 4.79 Å². The van der Waals surface area contributed by atoms with Crippen LogP contribution in [0.15, 0.2) is 30.9 Å². The minimum absolute atomic E-state index is 0.0358. The molecular weight excluding hydrogens is 326 g/mol. The maximum Gasteiger partial charge on any atom is 0.226 e. The summed E-state index contributed by atoms with van der Waals surface area (Å²) in [6.07, 6.45) is 10.2. The van der Waals surface area contributed by atoms with Gasteiger partial charge in [0.2, 0.25) is 5.91 Å². The first kappa shape index (κ1) is 15.7. The SMILES string of the molecule is O=C(C1CCc2ncncc2C1)N1Cc2ncccc2N2CCC[C@H]2C1. The Morgan fingerprint density at radius 2 is 2.15 bits per heavy atom. The van der Waals surface area contributed by atoms with Crippen LogP contribution in [0.4, 0.5) is 5.69 Å². The summed E-state index contributed by atoms with van der Waals surface area (Å²) in [6, 6.07) is 4.58. The number of nitrogens with zero attached hydrogens (tertiary/aromatic N) is 5. The molecule has 1 fully saturated rings. The van der Waals surface area contributed by atoms with E-state index in [-0.39, 0.29) is 11.8 Å². The van der Waals surface area contributed by atoms with Crippen molar-refractivity contribution in [3.63, 3.8) is 0 Å². The molecule has 2 aliphatic heterocycles. The van der Waals surface area contributed by atoms with Gasteiger partial charge in [-0.25, -0.2) is 9.97 Å². The van der Waals surface area contributed by atoms with Gasteiger partial charge in [0.25, 0.3) is 0 Å². The van der Waals surface area contributed by atoms with Crippen LogP contribution in [0.25, 0.3) is 0 Å². The van der Waals surface area contributed by atoms with E-state index >= 15 is 0 Å². The molecule has 2 atom stereocenters. The fraction of sp³-hybridized carbons (Fsp3) is 0.500. The number of hydrogen-bond acceptors (Lipinski definition) is 5. The number of carbonyl (C=O) groups excluding carboxylic acids is 1. The molecule has 3 aliphatic rings. The van der Waals surface area contributed by atoms with E-state index in [2.05, 4.69) is 30.8 Å². The van der Waals surface area contributed by atoms with Crippen molar-refractivity contribution in [3.05, 3.63) is 47.8 Å². The predicted octanol–water partition coefficient (Wildman–Crippen LogP) is 1.99. The van der Waals surface area contributed by atoms with Crippen LogP contribution in [-0.2, 0) is 24.2 Å². The van der Waals surface area contributed by atoms with E-state index < -0.39 is 0 Å². The predicted molar refractivity (Wildman–Crippen MR) is 97.6 cm³/mol. The Hall–Kier alpha value is -2.50. The second kappa shape index (κ2) is 6.34. The Labute approximate surface area is 153 Å². The molecule has 0 radical (unpaired) electrons. The van der Waals surface area contributed by atoms with Crippen molar-refractivity contribution in [2.24, 2.45) is 5.92 Å². The van der Waals surface area contributed by atoms with Gasteiger partial charge in [0.05, 0.1) is 17.9 Å². The monoisotopic (exact) mass is 349 g/mol. The highest BCUT2D eigenvalue weighted by Crippen LogP contribution is 2.33. The van der Waals surface area contributed by atoms with Crippen molar-refractivity contribution in [2.45, 2.75) is 44.7 Å². The first-order valence-corrected chi connectivity index (χ1v) is 9.56. The van der Waals surface area contributed by atoms with Gasteiger partial charge in [-0.2, -0.15) is 0 Å². The molecule has 1 unspecified atom stereocenters. The van der Waals surface area contributed by atoms with Gasteiger partial charge >= 0.3 is 0 Å². The lowest BCUT2D eigenvalue weighted by atomic mass is 9.86. The second-order valence-electron chi connectivity index (χ2n) is 7.61. The lowest BCUT2D eigenvalue weighted by Crippen LogP contribution is -2.43. The number of fused-ring (bicyclic) bond motifs is 4. The number of anilines is 1. The molecule has 1 aliphatic carbocycles. The quantitative estimate of drug-likeness (QED) is 0.788. The van der Waals surface area contributed by atoms with E-state index in [0.717, 1.165) is 55.7 Å². The van der Waals surface area contributed by atoms with Gasteiger partial charge < -0.3 is 9.80 Å². The van der Waals surface area contributed by atoms with Crippen LogP contribution in [-0.4, -0.2) is 44.9 Å². The zero-order valence-electron chi connectivity index (χ0n) is 14.8. The van der Waals surface area contributed by atoms with Gasteiger partial charge in [0.15, 0.2) is 0 Å². The molecule has 5 rings (SSSR count). The molecule has 1 amide bonds. The van der Waals surface area contributed by atoms with Crippen LogP contribution >= 0.6 is 0 Å². The zero-order chi connectivity index (χ0) is 17.5. The highest BCUT2D eigenvalue weighted by Gasteiger charge is 2.36. The first-order chi connectivity index (χ1) is 12.8. The second-order valence-corrected chi connectivity index (χ2v) is 7.61. The average Bonchev–Trinajstić information content (AvgIpc) is 3.09. The highest BCUT2D eigenvalue weighted by atomic mass is 16.2. The molecule has 4 heterocycles. The lowest BCUT2D eigenvalue weighted by molar-refractivity contribution is -0.136. The molecular formula is C20H23N5O. The highest BCUT2D eigenvalue weighted by molar-refractivity contribution is 5.80. The topological polar surface area (TPSA) is 62.2 Å². The summed E-state index contributed by atoms with van der Waals surface area (Å²) in [5.41, 5.74) is 4.49. The standard InChI is InChI=1S/C20H23N5O/c26-20(14-5-6-17-15(9-14)10-21-13-23-17)24-11-16-3-2-8-25(16)19-4-1-7-22-18(19)12-24/h1,4,7,10,13-14,16H,2-3,5-6,8-9,11-12H2/t14?,16-/m0/s1. The summed E-state index contributed by atoms with van der Waals surface area (Å²) in [6.45, 7) is 2.50. The summed E-state index contributed by atoms with van der Waals surface area (Å²) < 4.78 is 0. The van der Waals surface area contributed by atoms with E-state index in [0.29, 0.717) is 12.6 Å². The van der Waals surface area contributed by atoms with E-state index in [1.807, 2.05) is 18.5 Å². The minimum atomic E-state index is 0.0358. The molecule has 2 aromatic rings. The Morgan fingerprint density at radius 1 is 1.19 bits per heavy atom. The molecule has 0 spiro atoms. The maximum absolute atomic E-state index is 13.4. The van der Waals surface area contributed by atoms with E-state index in [1.165, 1.54) is 12.1 Å². The number of carbonyl (C=O) groups is 1. The van der Waals surface area contributed by atoms with Crippen molar-refractivity contribution >= 4 is 11.6 Å². The molecule has 0 bridgehead atoms. The summed E-state index contributed by atoms with van der Waals surface area (Å²) in [5.74, 6) is 0.304. The summed E-state index contributed by atoms with van der Waals surface area (Å²) >= 11 is 0. The molecule has 0 N–H and O–H groups in total. The Kier molecular flexibility index (Phi) is 3.84. The van der Waals surface area contributed by atoms with Crippen LogP contribution in [0.2, 0.25) is 0 Å². The molecule has 2 aromatic heterocycles. The largest absolute Gasteiger partial charge is 0.365 e. The van der Waals surface area contributed by atoms with Crippen LogP contribution in [0.1, 0.15) is 36.2 Å². The fourth-order valence-electron chi connectivity index (χ4n) is 4.75. The molecule has 0 aromatic carbocycles. The van der Waals surface area contributed by atoms with Gasteiger partial charge in [0.1, 0.15) is 6.33 Å². The molecule has 134 valence electrons. The normalized spacial score (nSPS) is 24.5. The van der Waals surface area contributed by atoms with Gasteiger partial charge in [0, 0.05) is 43.1 Å². The van der Waals surface area contributed by atoms with Crippen LogP contribution in [0.5, 0.6) is 0 Å². The summed E-state index contributed by atoms with van der Waals surface area (Å²) in [5, 5.41) is 0. The van der Waals surface area contributed by atoms with Gasteiger partial charge in [-0.1, -0.05) is 0 Å². The third-order valence-corrected chi connectivity index (χ3v) is 6.06. The summed E-state index contributed by atoms with van der Waals surface area (Å²) in [7, 11) is 0. The molecule has 6 heteroatoms. The average molecular weight is 349 g/mol. The minimum Gasteiger partial charge on any atom is -0.365 e. The molecule has 1 saturated heterocycles.